The molecule has 32 heavy (non-hydrogen) atoms. The zero-order valence-corrected chi connectivity index (χ0v) is 21.0. The molecule has 0 aliphatic heterocycles. The van der Waals surface area contributed by atoms with Crippen molar-refractivity contribution in [3.8, 4) is 0 Å². The van der Waals surface area contributed by atoms with Gasteiger partial charge in [-0.15, -0.1) is 0 Å². The normalized spacial score (nSPS) is 11.9. The van der Waals surface area contributed by atoms with Crippen molar-refractivity contribution in [1.82, 2.24) is 9.29 Å². The molecule has 0 bridgehead atoms. The van der Waals surface area contributed by atoms with Gasteiger partial charge in [-0.25, -0.2) is 13.4 Å². The van der Waals surface area contributed by atoms with Gasteiger partial charge in [0.15, 0.2) is 5.13 Å². The standard InChI is InChI=1S/C22H25Cl2N3O3S2/c1-3-5-13-27(14-6-4-2)32(29,30)16-9-7-15(8-10-16)21(28)26-22-25-20-18(31-22)12-11-17(23)19(20)24/h7-12H,3-6,13-14H2,1-2H3,(H,25,26,28). The van der Waals surface area contributed by atoms with Gasteiger partial charge in [-0.3, -0.25) is 10.1 Å². The maximum Gasteiger partial charge on any atom is 0.257 e. The summed E-state index contributed by atoms with van der Waals surface area (Å²) >= 11 is 13.5. The molecule has 0 saturated heterocycles. The van der Waals surface area contributed by atoms with Crippen molar-refractivity contribution in [1.29, 1.82) is 0 Å². The zero-order valence-electron chi connectivity index (χ0n) is 17.9. The molecule has 1 heterocycles. The average molecular weight is 515 g/mol. The maximum atomic E-state index is 13.1. The number of benzene rings is 2. The Hall–Kier alpha value is -1.71. The second kappa shape index (κ2) is 10.9. The van der Waals surface area contributed by atoms with Crippen LogP contribution in [0.1, 0.15) is 49.9 Å². The van der Waals surface area contributed by atoms with Crippen LogP contribution in [0.2, 0.25) is 10.0 Å². The number of aromatic nitrogens is 1. The average Bonchev–Trinajstić information content (AvgIpc) is 3.19. The number of thiazole rings is 1. The van der Waals surface area contributed by atoms with Crippen LogP contribution >= 0.6 is 34.5 Å². The fourth-order valence-electron chi connectivity index (χ4n) is 3.11. The van der Waals surface area contributed by atoms with Crippen LogP contribution in [0, 0.1) is 0 Å². The van der Waals surface area contributed by atoms with Gasteiger partial charge in [-0.1, -0.05) is 61.2 Å². The van der Waals surface area contributed by atoms with Crippen molar-refractivity contribution in [3.63, 3.8) is 0 Å². The topological polar surface area (TPSA) is 79.4 Å². The second-order valence-corrected chi connectivity index (χ2v) is 11.1. The number of unbranched alkanes of at least 4 members (excludes halogenated alkanes) is 2. The van der Waals surface area contributed by atoms with E-state index in [0.29, 0.717) is 39.3 Å². The fraction of sp³-hybridized carbons (Fsp3) is 0.364. The molecule has 0 atom stereocenters. The maximum absolute atomic E-state index is 13.1. The van der Waals surface area contributed by atoms with Gasteiger partial charge in [0.2, 0.25) is 10.0 Å². The molecular formula is C22H25Cl2N3O3S2. The molecule has 0 saturated carbocycles. The summed E-state index contributed by atoms with van der Waals surface area (Å²) in [5.74, 6) is -0.385. The van der Waals surface area contributed by atoms with Gasteiger partial charge >= 0.3 is 0 Å². The Morgan fingerprint density at radius 3 is 2.25 bits per heavy atom. The molecule has 0 spiro atoms. The lowest BCUT2D eigenvalue weighted by Crippen LogP contribution is -2.33. The van der Waals surface area contributed by atoms with Crippen LogP contribution in [0.5, 0.6) is 0 Å². The number of anilines is 1. The van der Waals surface area contributed by atoms with E-state index >= 15 is 0 Å². The zero-order chi connectivity index (χ0) is 23.3. The van der Waals surface area contributed by atoms with Crippen molar-refractivity contribution in [2.24, 2.45) is 0 Å². The number of carbonyl (C=O) groups is 1. The first kappa shape index (κ1) is 24.9. The highest BCUT2D eigenvalue weighted by molar-refractivity contribution is 7.89. The van der Waals surface area contributed by atoms with Crippen molar-refractivity contribution >= 4 is 65.8 Å². The third-order valence-electron chi connectivity index (χ3n) is 4.95. The molecule has 0 aliphatic rings. The predicted molar refractivity (Wildman–Crippen MR) is 133 cm³/mol. The molecule has 1 N–H and O–H groups in total. The van der Waals surface area contributed by atoms with Gasteiger partial charge in [-0.2, -0.15) is 4.31 Å². The highest BCUT2D eigenvalue weighted by Crippen LogP contribution is 2.35. The minimum Gasteiger partial charge on any atom is -0.298 e. The van der Waals surface area contributed by atoms with Crippen molar-refractivity contribution in [2.45, 2.75) is 44.4 Å². The molecule has 3 rings (SSSR count). The van der Waals surface area contributed by atoms with Crippen molar-refractivity contribution in [2.75, 3.05) is 18.4 Å². The summed E-state index contributed by atoms with van der Waals surface area (Å²) in [5, 5.41) is 3.86. The number of nitrogens with zero attached hydrogens (tertiary/aromatic N) is 2. The summed E-state index contributed by atoms with van der Waals surface area (Å²) < 4.78 is 28.5. The molecule has 172 valence electrons. The van der Waals surface area contributed by atoms with E-state index in [4.69, 9.17) is 23.2 Å². The number of rotatable bonds is 10. The van der Waals surface area contributed by atoms with Crippen LogP contribution in [0.4, 0.5) is 5.13 Å². The van der Waals surface area contributed by atoms with Crippen LogP contribution in [-0.2, 0) is 10.0 Å². The van der Waals surface area contributed by atoms with E-state index in [1.807, 2.05) is 13.8 Å². The van der Waals surface area contributed by atoms with E-state index in [1.54, 1.807) is 12.1 Å². The van der Waals surface area contributed by atoms with E-state index in [2.05, 4.69) is 10.3 Å². The SMILES string of the molecule is CCCCN(CCCC)S(=O)(=O)c1ccc(C(=O)Nc2nc3c(Cl)c(Cl)ccc3s2)cc1. The minimum absolute atomic E-state index is 0.183. The highest BCUT2D eigenvalue weighted by Gasteiger charge is 2.24. The predicted octanol–water partition coefficient (Wildman–Crippen LogP) is 6.45. The molecule has 10 heteroatoms. The molecule has 1 amide bonds. The first-order valence-corrected chi connectivity index (χ1v) is 13.4. The van der Waals surface area contributed by atoms with Crippen molar-refractivity contribution in [3.05, 3.63) is 52.0 Å². The Balaban J connectivity index is 1.76. The number of sulfonamides is 1. The Morgan fingerprint density at radius 1 is 1.03 bits per heavy atom. The lowest BCUT2D eigenvalue weighted by molar-refractivity contribution is 0.102. The van der Waals surface area contributed by atoms with Crippen LogP contribution in [-0.4, -0.2) is 36.7 Å². The fourth-order valence-corrected chi connectivity index (χ4v) is 5.91. The molecule has 0 unspecified atom stereocenters. The molecule has 0 aliphatic carbocycles. The quantitative estimate of drug-likeness (QED) is 0.337. The smallest absolute Gasteiger partial charge is 0.257 e. The summed E-state index contributed by atoms with van der Waals surface area (Å²) in [6, 6.07) is 9.45. The largest absolute Gasteiger partial charge is 0.298 e. The van der Waals surface area contributed by atoms with Gasteiger partial charge in [0, 0.05) is 18.7 Å². The Bertz CT molecular complexity index is 1190. The van der Waals surface area contributed by atoms with Gasteiger partial charge in [-0.05, 0) is 49.2 Å². The molecule has 2 aromatic carbocycles. The third-order valence-corrected chi connectivity index (χ3v) is 8.59. The second-order valence-electron chi connectivity index (χ2n) is 7.32. The van der Waals surface area contributed by atoms with Crippen molar-refractivity contribution < 1.29 is 13.2 Å². The first-order chi connectivity index (χ1) is 15.3. The van der Waals surface area contributed by atoms with Crippen LogP contribution < -0.4 is 5.32 Å². The number of hydrogen-bond acceptors (Lipinski definition) is 5. The number of hydrogen-bond donors (Lipinski definition) is 1. The van der Waals surface area contributed by atoms with Gasteiger partial charge in [0.1, 0.15) is 5.52 Å². The molecule has 0 fully saturated rings. The number of halogens is 2. The summed E-state index contributed by atoms with van der Waals surface area (Å²) in [5.41, 5.74) is 0.862. The van der Waals surface area contributed by atoms with Gasteiger partial charge in [0.05, 0.1) is 19.6 Å². The summed E-state index contributed by atoms with van der Waals surface area (Å²) in [6.45, 7) is 5.05. The van der Waals surface area contributed by atoms with Gasteiger partial charge in [0.25, 0.3) is 5.91 Å². The van der Waals surface area contributed by atoms with E-state index in [0.717, 1.165) is 30.4 Å². The molecule has 6 nitrogen and oxygen atoms in total. The number of nitrogens with one attached hydrogen (secondary N) is 1. The Kier molecular flexibility index (Phi) is 8.52. The lowest BCUT2D eigenvalue weighted by Gasteiger charge is -2.22. The van der Waals surface area contributed by atoms with E-state index in [9.17, 15) is 13.2 Å². The molecule has 1 aromatic heterocycles. The molecule has 0 radical (unpaired) electrons. The van der Waals surface area contributed by atoms with Crippen LogP contribution in [0.3, 0.4) is 0 Å². The highest BCUT2D eigenvalue weighted by atomic mass is 35.5. The minimum atomic E-state index is -3.61. The number of amides is 1. The van der Waals surface area contributed by atoms with E-state index in [1.165, 1.54) is 39.9 Å². The summed E-state index contributed by atoms with van der Waals surface area (Å²) in [7, 11) is -3.61. The first-order valence-electron chi connectivity index (χ1n) is 10.4. The van der Waals surface area contributed by atoms with Crippen LogP contribution in [0.15, 0.2) is 41.3 Å². The van der Waals surface area contributed by atoms with Crippen LogP contribution in [0.25, 0.3) is 10.2 Å². The monoisotopic (exact) mass is 513 g/mol. The number of carbonyl (C=O) groups excluding carboxylic acids is 1. The Labute approximate surface area is 202 Å². The summed E-state index contributed by atoms with van der Waals surface area (Å²) in [6.07, 6.45) is 3.45. The molecular weight excluding hydrogens is 489 g/mol. The van der Waals surface area contributed by atoms with Gasteiger partial charge < -0.3 is 0 Å². The third kappa shape index (κ3) is 5.61. The lowest BCUT2D eigenvalue weighted by atomic mass is 10.2. The summed E-state index contributed by atoms with van der Waals surface area (Å²) in [4.78, 5) is 17.2. The number of fused-ring (bicyclic) bond motifs is 1. The van der Waals surface area contributed by atoms with E-state index < -0.39 is 10.0 Å². The van der Waals surface area contributed by atoms with E-state index in [-0.39, 0.29) is 10.8 Å². The Morgan fingerprint density at radius 2 is 1.66 bits per heavy atom. The molecule has 3 aromatic rings.